The largest absolute Gasteiger partial charge is 0.490 e. The van der Waals surface area contributed by atoms with Crippen LogP contribution in [0.2, 0.25) is 0 Å². The van der Waals surface area contributed by atoms with Crippen molar-refractivity contribution in [3.63, 3.8) is 0 Å². The average Bonchev–Trinajstić information content (AvgIpc) is 3.48. The van der Waals surface area contributed by atoms with Crippen LogP contribution in [0.1, 0.15) is 52.2 Å². The average molecular weight is 479 g/mol. The van der Waals surface area contributed by atoms with Gasteiger partial charge in [0.15, 0.2) is 5.13 Å². The van der Waals surface area contributed by atoms with Gasteiger partial charge in [-0.2, -0.15) is 5.26 Å². The number of amides is 1. The maximum atomic E-state index is 12.4. The van der Waals surface area contributed by atoms with Crippen LogP contribution in [0.3, 0.4) is 0 Å². The van der Waals surface area contributed by atoms with Gasteiger partial charge in [0.1, 0.15) is 11.4 Å². The Labute approximate surface area is 202 Å². The van der Waals surface area contributed by atoms with E-state index in [0.717, 1.165) is 39.9 Å². The van der Waals surface area contributed by atoms with Crippen molar-refractivity contribution in [1.82, 2.24) is 9.71 Å². The van der Waals surface area contributed by atoms with Crippen LogP contribution < -0.4 is 14.4 Å². The molecule has 1 saturated carbocycles. The fourth-order valence-electron chi connectivity index (χ4n) is 3.89. The van der Waals surface area contributed by atoms with E-state index in [-0.39, 0.29) is 5.91 Å². The van der Waals surface area contributed by atoms with E-state index in [0.29, 0.717) is 23.9 Å². The van der Waals surface area contributed by atoms with E-state index < -0.39 is 0 Å². The number of aryl methyl sites for hydroxylation is 1. The number of anilines is 2. The molecule has 33 heavy (non-hydrogen) atoms. The highest BCUT2D eigenvalue weighted by Crippen LogP contribution is 2.34. The third-order valence-corrected chi connectivity index (χ3v) is 6.99. The summed E-state index contributed by atoms with van der Waals surface area (Å²) in [7, 11) is 0. The molecule has 0 bridgehead atoms. The number of ether oxygens (including phenoxy) is 1. The molecule has 0 atom stereocenters. The first-order valence-electron chi connectivity index (χ1n) is 10.9. The highest BCUT2D eigenvalue weighted by Gasteiger charge is 2.21. The SMILES string of the molecule is CSNC(=O)c1nc(N(Cc2ccc(OC3CCCC3)cc2)c2ccc(C#N)cc2)sc1C. The molecule has 1 aliphatic rings. The van der Waals surface area contributed by atoms with Crippen molar-refractivity contribution in [3.05, 3.63) is 70.2 Å². The highest BCUT2D eigenvalue weighted by molar-refractivity contribution is 7.97. The van der Waals surface area contributed by atoms with Crippen LogP contribution in [-0.4, -0.2) is 23.3 Å². The number of nitrogens with zero attached hydrogens (tertiary/aromatic N) is 3. The van der Waals surface area contributed by atoms with Crippen LogP contribution in [0.25, 0.3) is 0 Å². The fourth-order valence-corrected chi connectivity index (χ4v) is 5.10. The minimum absolute atomic E-state index is 0.198. The first-order chi connectivity index (χ1) is 16.1. The Hall–Kier alpha value is -3.02. The van der Waals surface area contributed by atoms with Crippen molar-refractivity contribution in [3.8, 4) is 11.8 Å². The summed E-state index contributed by atoms with van der Waals surface area (Å²) < 4.78 is 8.85. The molecule has 1 N–H and O–H groups in total. The Bertz CT molecular complexity index is 1130. The van der Waals surface area contributed by atoms with Gasteiger partial charge < -0.3 is 9.64 Å². The molecular formula is C25H26N4O2S2. The summed E-state index contributed by atoms with van der Waals surface area (Å²) >= 11 is 2.74. The molecule has 0 spiro atoms. The molecule has 1 amide bonds. The minimum Gasteiger partial charge on any atom is -0.490 e. The molecule has 0 aliphatic heterocycles. The zero-order valence-corrected chi connectivity index (χ0v) is 20.3. The molecule has 6 nitrogen and oxygen atoms in total. The molecule has 4 rings (SSSR count). The van der Waals surface area contributed by atoms with Crippen LogP contribution in [0.4, 0.5) is 10.8 Å². The van der Waals surface area contributed by atoms with Crippen molar-refractivity contribution in [2.75, 3.05) is 11.2 Å². The van der Waals surface area contributed by atoms with Gasteiger partial charge in [0.05, 0.1) is 24.3 Å². The van der Waals surface area contributed by atoms with Gasteiger partial charge >= 0.3 is 0 Å². The Morgan fingerprint density at radius 3 is 2.55 bits per heavy atom. The maximum absolute atomic E-state index is 12.4. The number of thiazole rings is 1. The molecule has 8 heteroatoms. The Morgan fingerprint density at radius 1 is 1.21 bits per heavy atom. The van der Waals surface area contributed by atoms with E-state index in [9.17, 15) is 4.79 Å². The van der Waals surface area contributed by atoms with Gasteiger partial charge in [0.2, 0.25) is 0 Å². The lowest BCUT2D eigenvalue weighted by molar-refractivity contribution is 0.0980. The molecule has 1 fully saturated rings. The molecule has 1 aliphatic carbocycles. The number of aromatic nitrogens is 1. The van der Waals surface area contributed by atoms with Gasteiger partial charge in [0, 0.05) is 16.8 Å². The predicted octanol–water partition coefficient (Wildman–Crippen LogP) is 5.99. The van der Waals surface area contributed by atoms with Gasteiger partial charge in [-0.15, -0.1) is 11.3 Å². The van der Waals surface area contributed by atoms with Crippen LogP contribution in [-0.2, 0) is 6.54 Å². The summed E-state index contributed by atoms with van der Waals surface area (Å²) in [5, 5.41) is 9.90. The minimum atomic E-state index is -0.198. The predicted molar refractivity (Wildman–Crippen MR) is 134 cm³/mol. The second-order valence-electron chi connectivity index (χ2n) is 7.95. The number of nitriles is 1. The molecule has 0 radical (unpaired) electrons. The van der Waals surface area contributed by atoms with Gasteiger partial charge in [-0.05, 0) is 74.6 Å². The number of nitrogens with one attached hydrogen (secondary N) is 1. The van der Waals surface area contributed by atoms with E-state index in [4.69, 9.17) is 10.00 Å². The van der Waals surface area contributed by atoms with Crippen molar-refractivity contribution in [2.24, 2.45) is 0 Å². The summed E-state index contributed by atoms with van der Waals surface area (Å²) in [6.45, 7) is 2.48. The third kappa shape index (κ3) is 5.67. The van der Waals surface area contributed by atoms with E-state index in [1.807, 2.05) is 37.4 Å². The van der Waals surface area contributed by atoms with Gasteiger partial charge in [-0.25, -0.2) is 4.98 Å². The molecule has 1 heterocycles. The van der Waals surface area contributed by atoms with E-state index >= 15 is 0 Å². The molecule has 3 aromatic rings. The van der Waals surface area contributed by atoms with E-state index in [2.05, 4.69) is 32.8 Å². The van der Waals surface area contributed by atoms with Crippen molar-refractivity contribution in [1.29, 1.82) is 5.26 Å². The molecule has 0 saturated heterocycles. The van der Waals surface area contributed by atoms with E-state index in [1.165, 1.54) is 36.1 Å². The Morgan fingerprint density at radius 2 is 1.91 bits per heavy atom. The molecular weight excluding hydrogens is 452 g/mol. The number of hydrogen-bond donors (Lipinski definition) is 1. The van der Waals surface area contributed by atoms with Crippen LogP contribution in [0.15, 0.2) is 48.5 Å². The maximum Gasteiger partial charge on any atom is 0.280 e. The second-order valence-corrected chi connectivity index (χ2v) is 9.74. The lowest BCUT2D eigenvalue weighted by atomic mass is 10.1. The standard InChI is InChI=1S/C25H26N4O2S2/c1-17-23(24(30)28-32-2)27-25(33-17)29(20-11-7-18(15-26)8-12-20)16-19-9-13-22(14-10-19)31-21-5-3-4-6-21/h7-14,21H,3-6,16H2,1-2H3,(H,28,30). The first-order valence-corrected chi connectivity index (χ1v) is 13.0. The van der Waals surface area contributed by atoms with Gasteiger partial charge in [-0.3, -0.25) is 9.52 Å². The summed E-state index contributed by atoms with van der Waals surface area (Å²) in [6, 6.07) is 17.8. The van der Waals surface area contributed by atoms with Crippen LogP contribution in [0.5, 0.6) is 5.75 Å². The lowest BCUT2D eigenvalue weighted by Crippen LogP contribution is -2.19. The molecule has 1 aromatic heterocycles. The topological polar surface area (TPSA) is 78.2 Å². The molecule has 0 unspecified atom stereocenters. The molecule has 170 valence electrons. The lowest BCUT2D eigenvalue weighted by Gasteiger charge is -2.22. The summed E-state index contributed by atoms with van der Waals surface area (Å²) in [5.74, 6) is 0.701. The van der Waals surface area contributed by atoms with Gasteiger partial charge in [0.25, 0.3) is 5.91 Å². The monoisotopic (exact) mass is 478 g/mol. The smallest absolute Gasteiger partial charge is 0.280 e. The summed E-state index contributed by atoms with van der Waals surface area (Å²) in [5.41, 5.74) is 3.04. The fraction of sp³-hybridized carbons (Fsp3) is 0.320. The van der Waals surface area contributed by atoms with E-state index in [1.54, 1.807) is 12.1 Å². The normalized spacial score (nSPS) is 13.5. The zero-order chi connectivity index (χ0) is 23.2. The quantitative estimate of drug-likeness (QED) is 0.401. The zero-order valence-electron chi connectivity index (χ0n) is 18.7. The number of hydrogen-bond acceptors (Lipinski definition) is 7. The third-order valence-electron chi connectivity index (χ3n) is 5.60. The summed E-state index contributed by atoms with van der Waals surface area (Å²) in [6.07, 6.45) is 6.88. The summed E-state index contributed by atoms with van der Waals surface area (Å²) in [4.78, 5) is 20.0. The van der Waals surface area contributed by atoms with Crippen molar-refractivity contribution in [2.45, 2.75) is 45.3 Å². The number of benzene rings is 2. The number of rotatable bonds is 8. The second kappa shape index (κ2) is 10.7. The van der Waals surface area contributed by atoms with Crippen molar-refractivity contribution < 1.29 is 9.53 Å². The number of carbonyl (C=O) groups excluding carboxylic acids is 1. The van der Waals surface area contributed by atoms with Crippen LogP contribution >= 0.6 is 23.3 Å². The number of carbonyl (C=O) groups is 1. The van der Waals surface area contributed by atoms with Crippen LogP contribution in [0, 0.1) is 18.3 Å². The Kier molecular flexibility index (Phi) is 7.53. The molecule has 2 aromatic carbocycles. The van der Waals surface area contributed by atoms with Crippen molar-refractivity contribution >= 4 is 40.0 Å². The van der Waals surface area contributed by atoms with Gasteiger partial charge in [-0.1, -0.05) is 24.1 Å². The highest BCUT2D eigenvalue weighted by atomic mass is 32.2. The Balaban J connectivity index is 1.60. The first kappa shape index (κ1) is 23.1.